The molecule has 0 heterocycles. The standard InChI is InChI=1S/C12H23N3O2/c1-4-7-15(9-12(17)14(2)3)11(16)8-13-10-5-6-10/h10,13H,4-9H2,1-3H3. The number of likely N-dealkylation sites (N-methyl/N-ethyl adjacent to an activating group) is 1. The third kappa shape index (κ3) is 5.17. The lowest BCUT2D eigenvalue weighted by Crippen LogP contribution is -2.44. The van der Waals surface area contributed by atoms with Crippen LogP contribution in [-0.2, 0) is 9.59 Å². The highest BCUT2D eigenvalue weighted by Crippen LogP contribution is 2.18. The maximum Gasteiger partial charge on any atom is 0.241 e. The molecule has 0 spiro atoms. The molecule has 1 N–H and O–H groups in total. The summed E-state index contributed by atoms with van der Waals surface area (Å²) in [6.45, 7) is 3.19. The Labute approximate surface area is 103 Å². The Balaban J connectivity index is 2.38. The largest absolute Gasteiger partial charge is 0.347 e. The Morgan fingerprint density at radius 1 is 1.24 bits per heavy atom. The van der Waals surface area contributed by atoms with Crippen LogP contribution in [-0.4, -0.2) is 61.4 Å². The first-order valence-electron chi connectivity index (χ1n) is 6.26. The highest BCUT2D eigenvalue weighted by Gasteiger charge is 2.23. The lowest BCUT2D eigenvalue weighted by molar-refractivity contribution is -0.138. The summed E-state index contributed by atoms with van der Waals surface area (Å²) in [5.74, 6) is -0.00725. The van der Waals surface area contributed by atoms with Crippen LogP contribution in [0, 0.1) is 0 Å². The van der Waals surface area contributed by atoms with E-state index < -0.39 is 0 Å². The molecule has 1 saturated carbocycles. The molecule has 1 aliphatic carbocycles. The van der Waals surface area contributed by atoms with Crippen molar-refractivity contribution < 1.29 is 9.59 Å². The molecule has 0 atom stereocenters. The van der Waals surface area contributed by atoms with Crippen molar-refractivity contribution in [3.05, 3.63) is 0 Å². The molecule has 0 aromatic heterocycles. The normalized spacial score (nSPS) is 14.5. The van der Waals surface area contributed by atoms with Gasteiger partial charge in [-0.15, -0.1) is 0 Å². The summed E-state index contributed by atoms with van der Waals surface area (Å²) in [4.78, 5) is 26.7. The monoisotopic (exact) mass is 241 g/mol. The highest BCUT2D eigenvalue weighted by atomic mass is 16.2. The number of carbonyl (C=O) groups is 2. The highest BCUT2D eigenvalue weighted by molar-refractivity contribution is 5.85. The van der Waals surface area contributed by atoms with Crippen LogP contribution in [0.1, 0.15) is 26.2 Å². The Morgan fingerprint density at radius 2 is 1.88 bits per heavy atom. The molecular weight excluding hydrogens is 218 g/mol. The van der Waals surface area contributed by atoms with Crippen LogP contribution in [0.3, 0.4) is 0 Å². The van der Waals surface area contributed by atoms with Crippen LogP contribution in [0.2, 0.25) is 0 Å². The quantitative estimate of drug-likeness (QED) is 0.686. The second-order valence-corrected chi connectivity index (χ2v) is 4.76. The molecular formula is C12H23N3O2. The molecule has 0 saturated heterocycles. The van der Waals surface area contributed by atoms with Gasteiger partial charge in [0, 0.05) is 26.7 Å². The molecule has 0 unspecified atom stereocenters. The van der Waals surface area contributed by atoms with Crippen molar-refractivity contribution in [3.63, 3.8) is 0 Å². The number of carbonyl (C=O) groups excluding carboxylic acids is 2. The van der Waals surface area contributed by atoms with Gasteiger partial charge in [0.1, 0.15) is 0 Å². The molecule has 0 aliphatic heterocycles. The van der Waals surface area contributed by atoms with E-state index in [1.54, 1.807) is 19.0 Å². The minimum Gasteiger partial charge on any atom is -0.347 e. The zero-order chi connectivity index (χ0) is 12.8. The Hall–Kier alpha value is -1.10. The van der Waals surface area contributed by atoms with Gasteiger partial charge in [-0.1, -0.05) is 6.92 Å². The molecule has 0 aromatic rings. The zero-order valence-corrected chi connectivity index (χ0v) is 11.0. The molecule has 0 radical (unpaired) electrons. The van der Waals surface area contributed by atoms with Gasteiger partial charge in [-0.25, -0.2) is 0 Å². The van der Waals surface area contributed by atoms with Crippen LogP contribution >= 0.6 is 0 Å². The number of nitrogens with zero attached hydrogens (tertiary/aromatic N) is 2. The summed E-state index contributed by atoms with van der Waals surface area (Å²) in [6, 6.07) is 0.520. The summed E-state index contributed by atoms with van der Waals surface area (Å²) in [7, 11) is 3.42. The first kappa shape index (κ1) is 14.0. The molecule has 5 heteroatoms. The molecule has 17 heavy (non-hydrogen) atoms. The van der Waals surface area contributed by atoms with Gasteiger partial charge >= 0.3 is 0 Å². The van der Waals surface area contributed by atoms with E-state index in [4.69, 9.17) is 0 Å². The number of hydrogen-bond donors (Lipinski definition) is 1. The molecule has 1 aliphatic rings. The van der Waals surface area contributed by atoms with Crippen molar-refractivity contribution in [2.24, 2.45) is 0 Å². The zero-order valence-electron chi connectivity index (χ0n) is 11.0. The third-order valence-electron chi connectivity index (χ3n) is 2.79. The fraction of sp³-hybridized carbons (Fsp3) is 0.833. The van der Waals surface area contributed by atoms with E-state index in [2.05, 4.69) is 5.32 Å². The van der Waals surface area contributed by atoms with Gasteiger partial charge < -0.3 is 15.1 Å². The maximum absolute atomic E-state index is 11.9. The Kier molecular flexibility index (Phi) is 5.41. The molecule has 0 bridgehead atoms. The minimum atomic E-state index is -0.0294. The topological polar surface area (TPSA) is 52.7 Å². The summed E-state index contributed by atoms with van der Waals surface area (Å²) in [6.07, 6.45) is 3.20. The molecule has 0 aromatic carbocycles. The second-order valence-electron chi connectivity index (χ2n) is 4.76. The van der Waals surface area contributed by atoms with Crippen LogP contribution in [0.25, 0.3) is 0 Å². The van der Waals surface area contributed by atoms with Crippen LogP contribution in [0.4, 0.5) is 0 Å². The maximum atomic E-state index is 11.9. The fourth-order valence-corrected chi connectivity index (χ4v) is 1.50. The molecule has 1 rings (SSSR count). The first-order chi connectivity index (χ1) is 8.04. The first-order valence-corrected chi connectivity index (χ1v) is 6.26. The summed E-state index contributed by atoms with van der Waals surface area (Å²) < 4.78 is 0. The molecule has 1 fully saturated rings. The molecule has 98 valence electrons. The van der Waals surface area contributed by atoms with Crippen molar-refractivity contribution in [2.75, 3.05) is 33.7 Å². The van der Waals surface area contributed by atoms with E-state index in [1.807, 2.05) is 6.92 Å². The average Bonchev–Trinajstić information content (AvgIpc) is 3.08. The van der Waals surface area contributed by atoms with E-state index in [0.717, 1.165) is 19.3 Å². The third-order valence-corrected chi connectivity index (χ3v) is 2.79. The molecule has 2 amide bonds. The SMILES string of the molecule is CCCN(CC(=O)N(C)C)C(=O)CNC1CC1. The minimum absolute atomic E-state index is 0.0222. The number of nitrogens with one attached hydrogen (secondary N) is 1. The van der Waals surface area contributed by atoms with Gasteiger partial charge in [-0.3, -0.25) is 9.59 Å². The van der Waals surface area contributed by atoms with Crippen molar-refractivity contribution in [1.82, 2.24) is 15.1 Å². The van der Waals surface area contributed by atoms with Crippen LogP contribution < -0.4 is 5.32 Å². The predicted octanol–water partition coefficient (Wildman–Crippen LogP) is 0.0652. The Bertz CT molecular complexity index is 275. The summed E-state index contributed by atoms with van der Waals surface area (Å²) in [5.41, 5.74) is 0. The fourth-order valence-electron chi connectivity index (χ4n) is 1.50. The van der Waals surface area contributed by atoms with E-state index >= 15 is 0 Å². The lowest BCUT2D eigenvalue weighted by Gasteiger charge is -2.23. The van der Waals surface area contributed by atoms with E-state index in [0.29, 0.717) is 19.1 Å². The van der Waals surface area contributed by atoms with Gasteiger partial charge in [0.25, 0.3) is 0 Å². The van der Waals surface area contributed by atoms with Gasteiger partial charge in [0.2, 0.25) is 11.8 Å². The van der Waals surface area contributed by atoms with Gasteiger partial charge in [-0.05, 0) is 19.3 Å². The lowest BCUT2D eigenvalue weighted by atomic mass is 10.3. The Morgan fingerprint density at radius 3 is 2.35 bits per heavy atom. The van der Waals surface area contributed by atoms with E-state index in [9.17, 15) is 9.59 Å². The van der Waals surface area contributed by atoms with Gasteiger partial charge in [0.15, 0.2) is 0 Å². The second kappa shape index (κ2) is 6.59. The van der Waals surface area contributed by atoms with Crippen molar-refractivity contribution in [2.45, 2.75) is 32.2 Å². The van der Waals surface area contributed by atoms with E-state index in [1.165, 1.54) is 4.90 Å². The average molecular weight is 241 g/mol. The predicted molar refractivity (Wildman–Crippen MR) is 66.6 cm³/mol. The van der Waals surface area contributed by atoms with Crippen molar-refractivity contribution >= 4 is 11.8 Å². The summed E-state index contributed by atoms with van der Waals surface area (Å²) >= 11 is 0. The van der Waals surface area contributed by atoms with Gasteiger partial charge in [0.05, 0.1) is 13.1 Å². The smallest absolute Gasteiger partial charge is 0.241 e. The van der Waals surface area contributed by atoms with Crippen molar-refractivity contribution in [3.8, 4) is 0 Å². The van der Waals surface area contributed by atoms with Crippen molar-refractivity contribution in [1.29, 1.82) is 0 Å². The van der Waals surface area contributed by atoms with Gasteiger partial charge in [-0.2, -0.15) is 0 Å². The number of rotatable bonds is 7. The number of hydrogen-bond acceptors (Lipinski definition) is 3. The molecule has 5 nitrogen and oxygen atoms in total. The van der Waals surface area contributed by atoms with Crippen LogP contribution in [0.15, 0.2) is 0 Å². The van der Waals surface area contributed by atoms with Crippen LogP contribution in [0.5, 0.6) is 0 Å². The number of amides is 2. The van der Waals surface area contributed by atoms with E-state index in [-0.39, 0.29) is 18.4 Å². The summed E-state index contributed by atoms with van der Waals surface area (Å²) in [5, 5.41) is 3.18.